The third-order valence-corrected chi connectivity index (χ3v) is 6.21. The maximum Gasteiger partial charge on any atom is 0.271 e. The number of hydrogen-bond donors (Lipinski definition) is 1. The average molecular weight is 405 g/mol. The number of ether oxygens (including phenoxy) is 1. The normalized spacial score (nSPS) is 15.1. The molecule has 0 aromatic heterocycles. The number of rotatable bonds is 7. The second kappa shape index (κ2) is 8.46. The predicted octanol–water partition coefficient (Wildman–Crippen LogP) is 1.91. The Morgan fingerprint density at radius 3 is 2.46 bits per heavy atom. The van der Waals surface area contributed by atoms with Crippen LogP contribution in [0.25, 0.3) is 0 Å². The first-order valence-electron chi connectivity index (χ1n) is 8.57. The molecule has 0 unspecified atom stereocenters. The van der Waals surface area contributed by atoms with Crippen molar-refractivity contribution >= 4 is 27.2 Å². The molecule has 1 aliphatic heterocycles. The van der Waals surface area contributed by atoms with Crippen LogP contribution in [0.5, 0.6) is 0 Å². The maximum absolute atomic E-state index is 12.6. The Bertz CT molecular complexity index is 969. The molecule has 0 amide bonds. The van der Waals surface area contributed by atoms with Gasteiger partial charge in [-0.3, -0.25) is 14.9 Å². The highest BCUT2D eigenvalue weighted by Crippen LogP contribution is 2.19. The quantitative estimate of drug-likeness (QED) is 0.424. The lowest BCUT2D eigenvalue weighted by molar-refractivity contribution is -0.384. The fourth-order valence-electron chi connectivity index (χ4n) is 2.76. The lowest BCUT2D eigenvalue weighted by Crippen LogP contribution is -2.40. The molecule has 1 fully saturated rings. The van der Waals surface area contributed by atoms with Crippen molar-refractivity contribution in [2.45, 2.75) is 4.90 Å². The van der Waals surface area contributed by atoms with Crippen molar-refractivity contribution in [2.75, 3.05) is 38.2 Å². The van der Waals surface area contributed by atoms with Crippen LogP contribution in [0.3, 0.4) is 0 Å². The number of anilines is 1. The molecule has 148 valence electrons. The summed E-state index contributed by atoms with van der Waals surface area (Å²) in [6, 6.07) is 11.6. The third-order valence-electron chi connectivity index (χ3n) is 4.29. The number of ketones is 1. The summed E-state index contributed by atoms with van der Waals surface area (Å²) >= 11 is 0. The van der Waals surface area contributed by atoms with Crippen molar-refractivity contribution in [1.82, 2.24) is 4.31 Å². The number of nitrogens with one attached hydrogen (secondary N) is 1. The van der Waals surface area contributed by atoms with E-state index < -0.39 is 14.9 Å². The molecule has 2 aromatic carbocycles. The van der Waals surface area contributed by atoms with Gasteiger partial charge < -0.3 is 10.1 Å². The molecule has 9 nitrogen and oxygen atoms in total. The van der Waals surface area contributed by atoms with E-state index in [9.17, 15) is 23.3 Å². The number of nitrogens with zero attached hydrogens (tertiary/aromatic N) is 2. The number of non-ortho nitro benzene ring substituents is 1. The van der Waals surface area contributed by atoms with E-state index in [4.69, 9.17) is 4.74 Å². The molecule has 1 aliphatic rings. The zero-order valence-corrected chi connectivity index (χ0v) is 15.7. The Kier molecular flexibility index (Phi) is 6.02. The van der Waals surface area contributed by atoms with Gasteiger partial charge in [-0.05, 0) is 30.3 Å². The van der Waals surface area contributed by atoms with Crippen LogP contribution in [0, 0.1) is 10.1 Å². The van der Waals surface area contributed by atoms with Crippen LogP contribution in [-0.2, 0) is 14.8 Å². The Morgan fingerprint density at radius 2 is 1.82 bits per heavy atom. The number of nitro groups is 1. The van der Waals surface area contributed by atoms with Crippen LogP contribution in [0.1, 0.15) is 10.4 Å². The van der Waals surface area contributed by atoms with Crippen LogP contribution >= 0.6 is 0 Å². The zero-order valence-electron chi connectivity index (χ0n) is 14.9. The third kappa shape index (κ3) is 4.53. The minimum Gasteiger partial charge on any atom is -0.379 e. The van der Waals surface area contributed by atoms with Gasteiger partial charge in [0.05, 0.1) is 29.6 Å². The van der Waals surface area contributed by atoms with Crippen molar-refractivity contribution < 1.29 is 22.9 Å². The van der Waals surface area contributed by atoms with Gasteiger partial charge in [-0.25, -0.2) is 8.42 Å². The Labute approximate surface area is 162 Å². The van der Waals surface area contributed by atoms with E-state index in [2.05, 4.69) is 5.32 Å². The Morgan fingerprint density at radius 1 is 1.14 bits per heavy atom. The number of hydrogen-bond acceptors (Lipinski definition) is 7. The molecule has 10 heteroatoms. The van der Waals surface area contributed by atoms with Gasteiger partial charge in [-0.1, -0.05) is 6.07 Å². The summed E-state index contributed by atoms with van der Waals surface area (Å²) in [5.74, 6) is -0.262. The number of carbonyl (C=O) groups excluding carboxylic acids is 1. The smallest absolute Gasteiger partial charge is 0.271 e. The first-order valence-corrected chi connectivity index (χ1v) is 10.0. The number of benzene rings is 2. The van der Waals surface area contributed by atoms with Gasteiger partial charge in [0.2, 0.25) is 10.0 Å². The minimum atomic E-state index is -3.61. The summed E-state index contributed by atoms with van der Waals surface area (Å²) in [5, 5.41) is 13.6. The highest BCUT2D eigenvalue weighted by atomic mass is 32.2. The summed E-state index contributed by atoms with van der Waals surface area (Å²) in [5.41, 5.74) is 0.725. The molecule has 0 bridgehead atoms. The topological polar surface area (TPSA) is 119 Å². The monoisotopic (exact) mass is 405 g/mol. The number of carbonyl (C=O) groups is 1. The van der Waals surface area contributed by atoms with Crippen LogP contribution in [0.2, 0.25) is 0 Å². The molecular weight excluding hydrogens is 386 g/mol. The fraction of sp³-hybridized carbons (Fsp3) is 0.278. The summed E-state index contributed by atoms with van der Waals surface area (Å²) in [7, 11) is -3.61. The van der Waals surface area contributed by atoms with Gasteiger partial charge in [0, 0.05) is 36.5 Å². The average Bonchev–Trinajstić information content (AvgIpc) is 2.73. The molecule has 3 rings (SSSR count). The lowest BCUT2D eigenvalue weighted by atomic mass is 10.1. The van der Waals surface area contributed by atoms with E-state index in [1.54, 1.807) is 6.07 Å². The molecule has 0 spiro atoms. The van der Waals surface area contributed by atoms with Crippen molar-refractivity contribution in [1.29, 1.82) is 0 Å². The maximum atomic E-state index is 12.6. The molecule has 2 aromatic rings. The van der Waals surface area contributed by atoms with Crippen LogP contribution in [-0.4, -0.2) is 56.3 Å². The lowest BCUT2D eigenvalue weighted by Gasteiger charge is -2.26. The number of morpholine rings is 1. The van der Waals surface area contributed by atoms with Gasteiger partial charge in [0.1, 0.15) is 0 Å². The van der Waals surface area contributed by atoms with Gasteiger partial charge in [0.25, 0.3) is 5.69 Å². The van der Waals surface area contributed by atoms with E-state index in [-0.39, 0.29) is 22.9 Å². The van der Waals surface area contributed by atoms with Crippen molar-refractivity contribution in [2.24, 2.45) is 0 Å². The van der Waals surface area contributed by atoms with E-state index in [1.807, 2.05) is 0 Å². The highest BCUT2D eigenvalue weighted by molar-refractivity contribution is 7.89. The molecule has 0 saturated carbocycles. The van der Waals surface area contributed by atoms with E-state index in [0.717, 1.165) is 0 Å². The van der Waals surface area contributed by atoms with Crippen LogP contribution < -0.4 is 5.32 Å². The highest BCUT2D eigenvalue weighted by Gasteiger charge is 2.26. The van der Waals surface area contributed by atoms with E-state index in [0.29, 0.717) is 37.6 Å². The standard InChI is InChI=1S/C18H19N3O6S/c22-18(13-19-15-2-1-3-16(12-15)21(23)24)14-4-6-17(7-5-14)28(25,26)20-8-10-27-11-9-20/h1-7,12,19H,8-11,13H2. The molecule has 28 heavy (non-hydrogen) atoms. The molecule has 0 aliphatic carbocycles. The van der Waals surface area contributed by atoms with E-state index >= 15 is 0 Å². The zero-order chi connectivity index (χ0) is 20.1. The number of nitro benzene ring substituents is 1. The summed E-state index contributed by atoms with van der Waals surface area (Å²) in [4.78, 5) is 22.7. The fourth-order valence-corrected chi connectivity index (χ4v) is 4.17. The Hall–Kier alpha value is -2.82. The number of Topliss-reactive ketones (excluding diaryl/α,β-unsaturated/α-hetero) is 1. The number of sulfonamides is 1. The predicted molar refractivity (Wildman–Crippen MR) is 102 cm³/mol. The molecular formula is C18H19N3O6S. The van der Waals surface area contributed by atoms with Crippen molar-refractivity contribution in [3.05, 3.63) is 64.2 Å². The molecule has 1 N–H and O–H groups in total. The van der Waals surface area contributed by atoms with Gasteiger partial charge >= 0.3 is 0 Å². The first kappa shape index (κ1) is 19.9. The summed E-state index contributed by atoms with van der Waals surface area (Å²) in [6.45, 7) is 1.25. The largest absolute Gasteiger partial charge is 0.379 e. The molecule has 0 atom stereocenters. The minimum absolute atomic E-state index is 0.0727. The van der Waals surface area contributed by atoms with Gasteiger partial charge in [-0.15, -0.1) is 0 Å². The summed E-state index contributed by atoms with van der Waals surface area (Å²) < 4.78 is 31.7. The SMILES string of the molecule is O=C(CNc1cccc([N+](=O)[O-])c1)c1ccc(S(=O)(=O)N2CCOCC2)cc1. The van der Waals surface area contributed by atoms with Crippen molar-refractivity contribution in [3.63, 3.8) is 0 Å². The molecule has 0 radical (unpaired) electrons. The van der Waals surface area contributed by atoms with Gasteiger partial charge in [0.15, 0.2) is 5.78 Å². The van der Waals surface area contributed by atoms with Crippen LogP contribution in [0.4, 0.5) is 11.4 Å². The second-order valence-electron chi connectivity index (χ2n) is 6.13. The molecule has 1 saturated heterocycles. The first-order chi connectivity index (χ1) is 13.4. The summed E-state index contributed by atoms with van der Waals surface area (Å²) in [6.07, 6.45) is 0. The van der Waals surface area contributed by atoms with E-state index in [1.165, 1.54) is 46.8 Å². The molecule has 1 heterocycles. The van der Waals surface area contributed by atoms with Crippen molar-refractivity contribution in [3.8, 4) is 0 Å². The second-order valence-corrected chi connectivity index (χ2v) is 8.06. The Balaban J connectivity index is 1.65. The van der Waals surface area contributed by atoms with Gasteiger partial charge in [-0.2, -0.15) is 4.31 Å². The van der Waals surface area contributed by atoms with Crippen LogP contribution in [0.15, 0.2) is 53.4 Å².